The predicted molar refractivity (Wildman–Crippen MR) is 93.9 cm³/mol. The molecule has 7 nitrogen and oxygen atoms in total. The Morgan fingerprint density at radius 2 is 1.81 bits per heavy atom. The van der Waals surface area contributed by atoms with Crippen LogP contribution in [0.4, 0.5) is 0 Å². The van der Waals surface area contributed by atoms with Crippen LogP contribution in [-0.2, 0) is 4.79 Å². The second kappa shape index (κ2) is 8.05. The number of benzene rings is 1. The number of para-hydroxylation sites is 1. The van der Waals surface area contributed by atoms with E-state index >= 15 is 0 Å². The maximum Gasteiger partial charge on any atom is 0.289 e. The second-order valence-electron chi connectivity index (χ2n) is 6.19. The number of nitrogens with zero attached hydrogens (tertiary/aromatic N) is 2. The molecule has 1 aliphatic heterocycles. The fraction of sp³-hybridized carbons (Fsp3) is 0.368. The number of aliphatic hydroxyl groups is 1. The SMILES string of the molecule is Cc1ccccc1OC[C@H](O)C(=O)N1CCN(C(=O)c2ccco2)CC1. The Morgan fingerprint density at radius 1 is 1.12 bits per heavy atom. The first-order valence-electron chi connectivity index (χ1n) is 8.54. The minimum atomic E-state index is -1.23. The molecule has 2 heterocycles. The molecule has 1 fully saturated rings. The van der Waals surface area contributed by atoms with Crippen molar-refractivity contribution < 1.29 is 23.8 Å². The molecule has 0 radical (unpaired) electrons. The fourth-order valence-electron chi connectivity index (χ4n) is 2.86. The number of furan rings is 1. The van der Waals surface area contributed by atoms with E-state index in [0.29, 0.717) is 31.9 Å². The number of ether oxygens (including phenoxy) is 1. The van der Waals surface area contributed by atoms with E-state index in [1.54, 1.807) is 28.0 Å². The summed E-state index contributed by atoms with van der Waals surface area (Å²) in [7, 11) is 0. The van der Waals surface area contributed by atoms with Gasteiger partial charge in [0.1, 0.15) is 12.4 Å². The molecule has 3 rings (SSSR count). The number of hydrogen-bond donors (Lipinski definition) is 1. The van der Waals surface area contributed by atoms with Crippen LogP contribution in [0, 0.1) is 6.92 Å². The third-order valence-corrected chi connectivity index (χ3v) is 4.39. The van der Waals surface area contributed by atoms with Gasteiger partial charge in [-0.3, -0.25) is 9.59 Å². The smallest absolute Gasteiger partial charge is 0.289 e. The number of carbonyl (C=O) groups excluding carboxylic acids is 2. The highest BCUT2D eigenvalue weighted by molar-refractivity contribution is 5.91. The summed E-state index contributed by atoms with van der Waals surface area (Å²) in [5.41, 5.74) is 0.942. The van der Waals surface area contributed by atoms with E-state index in [9.17, 15) is 14.7 Å². The summed E-state index contributed by atoms with van der Waals surface area (Å²) in [4.78, 5) is 27.8. The maximum absolute atomic E-state index is 12.4. The molecule has 7 heteroatoms. The van der Waals surface area contributed by atoms with Crippen LogP contribution < -0.4 is 4.74 Å². The highest BCUT2D eigenvalue weighted by Gasteiger charge is 2.29. The van der Waals surface area contributed by atoms with Crippen molar-refractivity contribution in [1.29, 1.82) is 0 Å². The zero-order chi connectivity index (χ0) is 18.5. The van der Waals surface area contributed by atoms with Gasteiger partial charge in [0.2, 0.25) is 0 Å². The fourth-order valence-corrected chi connectivity index (χ4v) is 2.86. The number of aliphatic hydroxyl groups excluding tert-OH is 1. The Kier molecular flexibility index (Phi) is 5.58. The standard InChI is InChI=1S/C19H22N2O5/c1-14-5-2-3-6-16(14)26-13-15(22)18(23)20-8-10-21(11-9-20)19(24)17-7-4-12-25-17/h2-7,12,15,22H,8-11,13H2,1H3/t15-/m0/s1. The van der Waals surface area contributed by atoms with Crippen LogP contribution in [0.15, 0.2) is 47.1 Å². The predicted octanol–water partition coefficient (Wildman–Crippen LogP) is 1.31. The van der Waals surface area contributed by atoms with Crippen molar-refractivity contribution in [3.8, 4) is 5.75 Å². The molecular weight excluding hydrogens is 336 g/mol. The summed E-state index contributed by atoms with van der Waals surface area (Å²) in [5.74, 6) is 0.360. The molecule has 1 atom stereocenters. The molecule has 0 spiro atoms. The van der Waals surface area contributed by atoms with Gasteiger partial charge < -0.3 is 24.1 Å². The molecule has 1 N–H and O–H groups in total. The Morgan fingerprint density at radius 3 is 2.46 bits per heavy atom. The Hall–Kier alpha value is -2.80. The Bertz CT molecular complexity index is 751. The molecule has 0 bridgehead atoms. The zero-order valence-electron chi connectivity index (χ0n) is 14.6. The lowest BCUT2D eigenvalue weighted by molar-refractivity contribution is -0.143. The molecule has 138 valence electrons. The first-order chi connectivity index (χ1) is 12.6. The van der Waals surface area contributed by atoms with Gasteiger partial charge in [-0.05, 0) is 30.7 Å². The lowest BCUT2D eigenvalue weighted by Gasteiger charge is -2.35. The molecule has 2 amide bonds. The first kappa shape index (κ1) is 18.0. The molecule has 0 aliphatic carbocycles. The molecule has 0 unspecified atom stereocenters. The van der Waals surface area contributed by atoms with E-state index in [1.807, 2.05) is 25.1 Å². The molecule has 2 aromatic rings. The summed E-state index contributed by atoms with van der Waals surface area (Å²) in [5, 5.41) is 10.1. The zero-order valence-corrected chi connectivity index (χ0v) is 14.6. The van der Waals surface area contributed by atoms with Crippen molar-refractivity contribution in [3.63, 3.8) is 0 Å². The largest absolute Gasteiger partial charge is 0.490 e. The number of rotatable bonds is 5. The Balaban J connectivity index is 1.48. The van der Waals surface area contributed by atoms with Gasteiger partial charge in [-0.1, -0.05) is 18.2 Å². The minimum absolute atomic E-state index is 0.102. The number of amides is 2. The van der Waals surface area contributed by atoms with Crippen molar-refractivity contribution in [2.75, 3.05) is 32.8 Å². The van der Waals surface area contributed by atoms with Gasteiger partial charge in [-0.25, -0.2) is 0 Å². The van der Waals surface area contributed by atoms with Crippen LogP contribution in [-0.4, -0.2) is 65.6 Å². The van der Waals surface area contributed by atoms with E-state index in [4.69, 9.17) is 9.15 Å². The van der Waals surface area contributed by atoms with Crippen molar-refractivity contribution in [2.45, 2.75) is 13.0 Å². The maximum atomic E-state index is 12.4. The molecule has 26 heavy (non-hydrogen) atoms. The highest BCUT2D eigenvalue weighted by Crippen LogP contribution is 2.17. The summed E-state index contributed by atoms with van der Waals surface area (Å²) in [6.45, 7) is 3.33. The lowest BCUT2D eigenvalue weighted by Crippen LogP contribution is -2.53. The average Bonchev–Trinajstić information content (AvgIpc) is 3.21. The topological polar surface area (TPSA) is 83.2 Å². The van der Waals surface area contributed by atoms with E-state index in [-0.39, 0.29) is 24.2 Å². The van der Waals surface area contributed by atoms with Gasteiger partial charge in [-0.15, -0.1) is 0 Å². The van der Waals surface area contributed by atoms with Crippen LogP contribution in [0.25, 0.3) is 0 Å². The third-order valence-electron chi connectivity index (χ3n) is 4.39. The van der Waals surface area contributed by atoms with Crippen LogP contribution in [0.1, 0.15) is 16.1 Å². The molecule has 1 saturated heterocycles. The molecule has 1 aliphatic rings. The van der Waals surface area contributed by atoms with Crippen LogP contribution in [0.3, 0.4) is 0 Å². The van der Waals surface area contributed by atoms with E-state index in [2.05, 4.69) is 0 Å². The van der Waals surface area contributed by atoms with Gasteiger partial charge in [0, 0.05) is 26.2 Å². The summed E-state index contributed by atoms with van der Waals surface area (Å²) < 4.78 is 10.7. The van der Waals surface area contributed by atoms with E-state index < -0.39 is 6.10 Å². The normalized spacial score (nSPS) is 15.6. The van der Waals surface area contributed by atoms with Gasteiger partial charge in [-0.2, -0.15) is 0 Å². The third kappa shape index (κ3) is 4.05. The molecule has 0 saturated carbocycles. The van der Waals surface area contributed by atoms with Crippen LogP contribution in [0.2, 0.25) is 0 Å². The molecular formula is C19H22N2O5. The molecule has 1 aromatic heterocycles. The number of piperazine rings is 1. The number of hydrogen-bond acceptors (Lipinski definition) is 5. The van der Waals surface area contributed by atoms with Crippen LogP contribution in [0.5, 0.6) is 5.75 Å². The van der Waals surface area contributed by atoms with Gasteiger partial charge in [0.05, 0.1) is 6.26 Å². The van der Waals surface area contributed by atoms with Gasteiger partial charge in [0.15, 0.2) is 11.9 Å². The van der Waals surface area contributed by atoms with E-state index in [1.165, 1.54) is 6.26 Å². The number of carbonyl (C=O) groups is 2. The summed E-state index contributed by atoms with van der Waals surface area (Å²) in [6, 6.07) is 10.7. The van der Waals surface area contributed by atoms with Crippen molar-refractivity contribution in [2.24, 2.45) is 0 Å². The monoisotopic (exact) mass is 358 g/mol. The van der Waals surface area contributed by atoms with E-state index in [0.717, 1.165) is 5.56 Å². The second-order valence-corrected chi connectivity index (χ2v) is 6.19. The number of aryl methyl sites for hydroxylation is 1. The highest BCUT2D eigenvalue weighted by atomic mass is 16.5. The molecule has 1 aromatic carbocycles. The Labute approximate surface area is 151 Å². The van der Waals surface area contributed by atoms with Crippen molar-refractivity contribution in [3.05, 3.63) is 54.0 Å². The van der Waals surface area contributed by atoms with Crippen molar-refractivity contribution in [1.82, 2.24) is 9.80 Å². The van der Waals surface area contributed by atoms with Gasteiger partial charge in [0.25, 0.3) is 11.8 Å². The van der Waals surface area contributed by atoms with Crippen LogP contribution >= 0.6 is 0 Å². The quantitative estimate of drug-likeness (QED) is 0.871. The summed E-state index contributed by atoms with van der Waals surface area (Å²) >= 11 is 0. The lowest BCUT2D eigenvalue weighted by atomic mass is 10.2. The summed E-state index contributed by atoms with van der Waals surface area (Å²) in [6.07, 6.45) is 0.222. The minimum Gasteiger partial charge on any atom is -0.490 e. The first-order valence-corrected chi connectivity index (χ1v) is 8.54. The van der Waals surface area contributed by atoms with Gasteiger partial charge >= 0.3 is 0 Å². The van der Waals surface area contributed by atoms with Crippen molar-refractivity contribution >= 4 is 11.8 Å². The average molecular weight is 358 g/mol.